The van der Waals surface area contributed by atoms with Crippen molar-refractivity contribution in [2.45, 2.75) is 25.9 Å². The van der Waals surface area contributed by atoms with Crippen molar-refractivity contribution in [3.63, 3.8) is 0 Å². The second-order valence-corrected chi connectivity index (χ2v) is 5.99. The Morgan fingerprint density at radius 2 is 2.30 bits per heavy atom. The lowest BCUT2D eigenvalue weighted by Gasteiger charge is -2.31. The minimum atomic E-state index is -0.0698. The maximum absolute atomic E-state index is 12.3. The van der Waals surface area contributed by atoms with Gasteiger partial charge in [-0.2, -0.15) is 0 Å². The van der Waals surface area contributed by atoms with E-state index in [1.165, 1.54) is 0 Å². The number of nitrogens with zero attached hydrogens (tertiary/aromatic N) is 3. The third-order valence-corrected chi connectivity index (χ3v) is 4.24. The van der Waals surface area contributed by atoms with Gasteiger partial charge in [0.15, 0.2) is 0 Å². The first-order valence-electron chi connectivity index (χ1n) is 7.95. The molecule has 0 saturated carbocycles. The number of aryl methyl sites for hydroxylation is 2. The van der Waals surface area contributed by atoms with Crippen LogP contribution in [0.15, 0.2) is 30.7 Å². The summed E-state index contributed by atoms with van der Waals surface area (Å²) in [5, 5.41) is 3.02. The summed E-state index contributed by atoms with van der Waals surface area (Å²) in [6.07, 6.45) is 7.32. The van der Waals surface area contributed by atoms with Crippen molar-refractivity contribution >= 4 is 5.91 Å². The molecule has 122 valence electrons. The van der Waals surface area contributed by atoms with E-state index in [9.17, 15) is 4.79 Å². The molecule has 0 radical (unpaired) electrons. The van der Waals surface area contributed by atoms with Crippen molar-refractivity contribution < 1.29 is 9.53 Å². The highest BCUT2D eigenvalue weighted by molar-refractivity contribution is 5.94. The van der Waals surface area contributed by atoms with E-state index < -0.39 is 0 Å². The largest absolute Gasteiger partial charge is 0.370 e. The van der Waals surface area contributed by atoms with Crippen LogP contribution in [0.3, 0.4) is 0 Å². The van der Waals surface area contributed by atoms with Gasteiger partial charge in [0.25, 0.3) is 5.91 Å². The molecule has 1 fully saturated rings. The monoisotopic (exact) mass is 314 g/mol. The van der Waals surface area contributed by atoms with E-state index in [4.69, 9.17) is 4.74 Å². The molecule has 2 atom stereocenters. The van der Waals surface area contributed by atoms with Crippen molar-refractivity contribution in [3.8, 4) is 0 Å². The van der Waals surface area contributed by atoms with Gasteiger partial charge in [-0.05, 0) is 31.9 Å². The van der Waals surface area contributed by atoms with Gasteiger partial charge >= 0.3 is 0 Å². The number of hydrogen-bond acceptors (Lipinski definition) is 4. The van der Waals surface area contributed by atoms with E-state index in [0.29, 0.717) is 12.1 Å². The van der Waals surface area contributed by atoms with Gasteiger partial charge in [0.05, 0.1) is 0 Å². The SMILES string of the molecule is Cc1cc(C(=O)NC[C@@H]2CCCO[C@H]2c2nccn2C)ccn1. The van der Waals surface area contributed by atoms with Crippen LogP contribution < -0.4 is 5.32 Å². The number of imidazole rings is 1. The van der Waals surface area contributed by atoms with E-state index in [0.717, 1.165) is 31.0 Å². The second kappa shape index (κ2) is 6.91. The predicted octanol–water partition coefficient (Wildman–Crippen LogP) is 2.02. The standard InChI is InChI=1S/C17H22N4O2/c1-12-10-13(5-6-18-12)17(22)20-11-14-4-3-9-23-15(14)16-19-7-8-21(16)2/h5-8,10,14-15H,3-4,9,11H2,1-2H3,(H,20,22)/t14-,15+/m0/s1. The third kappa shape index (κ3) is 3.59. The Balaban J connectivity index is 1.66. The summed E-state index contributed by atoms with van der Waals surface area (Å²) in [4.78, 5) is 20.8. The van der Waals surface area contributed by atoms with Gasteiger partial charge in [0, 0.05) is 56.0 Å². The van der Waals surface area contributed by atoms with Gasteiger partial charge in [-0.15, -0.1) is 0 Å². The minimum absolute atomic E-state index is 0.0665. The van der Waals surface area contributed by atoms with Crippen LogP contribution in [-0.2, 0) is 11.8 Å². The molecule has 0 aliphatic carbocycles. The van der Waals surface area contributed by atoms with Crippen molar-refractivity contribution in [2.24, 2.45) is 13.0 Å². The molecule has 2 aromatic rings. The lowest BCUT2D eigenvalue weighted by Crippen LogP contribution is -2.36. The molecule has 3 heterocycles. The average Bonchev–Trinajstić information content (AvgIpc) is 2.99. The summed E-state index contributed by atoms with van der Waals surface area (Å²) >= 11 is 0. The second-order valence-electron chi connectivity index (χ2n) is 5.99. The molecule has 3 rings (SSSR count). The summed E-state index contributed by atoms with van der Waals surface area (Å²) < 4.78 is 7.91. The molecular weight excluding hydrogens is 292 g/mol. The molecule has 1 saturated heterocycles. The van der Waals surface area contributed by atoms with Gasteiger partial charge in [-0.25, -0.2) is 4.98 Å². The average molecular weight is 314 g/mol. The molecule has 0 aromatic carbocycles. The van der Waals surface area contributed by atoms with Crippen LogP contribution >= 0.6 is 0 Å². The number of ether oxygens (including phenoxy) is 1. The number of carbonyl (C=O) groups excluding carboxylic acids is 1. The summed E-state index contributed by atoms with van der Waals surface area (Å²) in [7, 11) is 1.97. The smallest absolute Gasteiger partial charge is 0.251 e. The Hall–Kier alpha value is -2.21. The number of aromatic nitrogens is 3. The first-order chi connectivity index (χ1) is 11.1. The molecule has 1 amide bonds. The van der Waals surface area contributed by atoms with Crippen molar-refractivity contribution in [1.29, 1.82) is 0 Å². The first kappa shape index (κ1) is 15.7. The molecule has 1 aliphatic heterocycles. The fourth-order valence-corrected chi connectivity index (χ4v) is 3.00. The van der Waals surface area contributed by atoms with Crippen molar-refractivity contribution in [2.75, 3.05) is 13.2 Å². The molecule has 6 nitrogen and oxygen atoms in total. The van der Waals surface area contributed by atoms with Crippen LogP contribution in [0, 0.1) is 12.8 Å². The predicted molar refractivity (Wildman–Crippen MR) is 85.9 cm³/mol. The zero-order chi connectivity index (χ0) is 16.2. The third-order valence-electron chi connectivity index (χ3n) is 4.24. The van der Waals surface area contributed by atoms with Crippen LogP contribution in [0.4, 0.5) is 0 Å². The number of hydrogen-bond donors (Lipinski definition) is 1. The van der Waals surface area contributed by atoms with Gasteiger partial charge in [0.1, 0.15) is 11.9 Å². The van der Waals surface area contributed by atoms with Gasteiger partial charge in [0.2, 0.25) is 0 Å². The van der Waals surface area contributed by atoms with E-state index in [1.54, 1.807) is 24.5 Å². The summed E-state index contributed by atoms with van der Waals surface area (Å²) in [6, 6.07) is 3.53. The molecule has 0 unspecified atom stereocenters. The highest BCUT2D eigenvalue weighted by atomic mass is 16.5. The van der Waals surface area contributed by atoms with Crippen LogP contribution in [0.25, 0.3) is 0 Å². The lowest BCUT2D eigenvalue weighted by atomic mass is 9.93. The Morgan fingerprint density at radius 3 is 3.04 bits per heavy atom. The Morgan fingerprint density at radius 1 is 1.43 bits per heavy atom. The van der Waals surface area contributed by atoms with Gasteiger partial charge in [-0.1, -0.05) is 0 Å². The zero-order valence-corrected chi connectivity index (χ0v) is 13.5. The fourth-order valence-electron chi connectivity index (χ4n) is 3.00. The maximum Gasteiger partial charge on any atom is 0.251 e. The van der Waals surface area contributed by atoms with E-state index in [-0.39, 0.29) is 17.9 Å². The number of pyridine rings is 1. The molecule has 1 aliphatic rings. The van der Waals surface area contributed by atoms with Crippen molar-refractivity contribution in [1.82, 2.24) is 19.9 Å². The minimum Gasteiger partial charge on any atom is -0.370 e. The van der Waals surface area contributed by atoms with E-state index in [2.05, 4.69) is 15.3 Å². The van der Waals surface area contributed by atoms with Crippen LogP contribution in [-0.4, -0.2) is 33.6 Å². The fraction of sp³-hybridized carbons (Fsp3) is 0.471. The Bertz CT molecular complexity index is 683. The molecular formula is C17H22N4O2. The molecule has 0 spiro atoms. The number of carbonyl (C=O) groups is 1. The van der Waals surface area contributed by atoms with Gasteiger partial charge < -0.3 is 14.6 Å². The highest BCUT2D eigenvalue weighted by Gasteiger charge is 2.30. The molecule has 1 N–H and O–H groups in total. The number of nitrogens with one attached hydrogen (secondary N) is 1. The topological polar surface area (TPSA) is 69.0 Å². The Labute approximate surface area is 135 Å². The maximum atomic E-state index is 12.3. The van der Waals surface area contributed by atoms with Crippen LogP contribution in [0.1, 0.15) is 40.8 Å². The first-order valence-corrected chi connectivity index (χ1v) is 7.95. The van der Waals surface area contributed by atoms with E-state index >= 15 is 0 Å². The zero-order valence-electron chi connectivity index (χ0n) is 13.5. The lowest BCUT2D eigenvalue weighted by molar-refractivity contribution is -0.0337. The van der Waals surface area contributed by atoms with Crippen molar-refractivity contribution in [3.05, 3.63) is 47.8 Å². The van der Waals surface area contributed by atoms with Crippen LogP contribution in [0.2, 0.25) is 0 Å². The normalized spacial score (nSPS) is 21.1. The van der Waals surface area contributed by atoms with Crippen LogP contribution in [0.5, 0.6) is 0 Å². The number of amides is 1. The summed E-state index contributed by atoms with van der Waals surface area (Å²) in [6.45, 7) is 3.20. The quantitative estimate of drug-likeness (QED) is 0.937. The molecule has 6 heteroatoms. The molecule has 0 bridgehead atoms. The highest BCUT2D eigenvalue weighted by Crippen LogP contribution is 2.32. The van der Waals surface area contributed by atoms with E-state index in [1.807, 2.05) is 24.7 Å². The summed E-state index contributed by atoms with van der Waals surface area (Å²) in [5.74, 6) is 1.08. The van der Waals surface area contributed by atoms with Gasteiger partial charge in [-0.3, -0.25) is 9.78 Å². The number of rotatable bonds is 4. The molecule has 2 aromatic heterocycles. The summed E-state index contributed by atoms with van der Waals surface area (Å²) in [5.41, 5.74) is 1.48. The molecule has 23 heavy (non-hydrogen) atoms. The Kier molecular flexibility index (Phi) is 4.71.